The second-order valence-corrected chi connectivity index (χ2v) is 6.86. The number of nitrogens with zero attached hydrogens (tertiary/aromatic N) is 6. The van der Waals surface area contributed by atoms with Crippen molar-refractivity contribution in [2.75, 3.05) is 61.9 Å². The normalized spacial score (nSPS) is 18.0. The van der Waals surface area contributed by atoms with Gasteiger partial charge in [0.2, 0.25) is 11.8 Å². The second-order valence-electron chi connectivity index (χ2n) is 6.86. The van der Waals surface area contributed by atoms with E-state index in [1.54, 1.807) is 7.11 Å². The molecule has 3 aliphatic heterocycles. The van der Waals surface area contributed by atoms with Gasteiger partial charge in [-0.2, -0.15) is 9.97 Å². The number of nitrogen functional groups attached to an aromatic ring is 1. The molecule has 0 aromatic carbocycles. The average Bonchev–Trinajstić information content (AvgIpc) is 3.23. The van der Waals surface area contributed by atoms with Crippen LogP contribution in [0.15, 0.2) is 23.2 Å². The number of fused-ring (bicyclic) bond motifs is 3. The first-order valence-corrected chi connectivity index (χ1v) is 9.43. The van der Waals surface area contributed by atoms with Crippen molar-refractivity contribution in [2.24, 2.45) is 4.99 Å². The van der Waals surface area contributed by atoms with Gasteiger partial charge in [-0.05, 0) is 24.3 Å². The Morgan fingerprint density at radius 3 is 2.75 bits per heavy atom. The number of nitrogens with two attached hydrogens (primary N) is 1. The predicted molar refractivity (Wildman–Crippen MR) is 110 cm³/mol. The maximum atomic E-state index is 6.05. The van der Waals surface area contributed by atoms with Crippen LogP contribution < -0.4 is 25.6 Å². The Labute approximate surface area is 163 Å². The zero-order valence-corrected chi connectivity index (χ0v) is 15.7. The van der Waals surface area contributed by atoms with Crippen LogP contribution in [0, 0.1) is 0 Å². The summed E-state index contributed by atoms with van der Waals surface area (Å²) in [6.45, 7) is 5.29. The van der Waals surface area contributed by atoms with Gasteiger partial charge < -0.3 is 25.6 Å². The van der Waals surface area contributed by atoms with Crippen molar-refractivity contribution in [2.45, 2.75) is 0 Å². The van der Waals surface area contributed by atoms with Crippen LogP contribution in [0.1, 0.15) is 5.56 Å². The molecule has 0 bridgehead atoms. The van der Waals surface area contributed by atoms with Gasteiger partial charge in [0, 0.05) is 38.3 Å². The lowest BCUT2D eigenvalue weighted by atomic mass is 10.0. The van der Waals surface area contributed by atoms with Crippen LogP contribution in [0.25, 0.3) is 17.3 Å². The van der Waals surface area contributed by atoms with Crippen LogP contribution in [-0.4, -0.2) is 67.2 Å². The first-order valence-electron chi connectivity index (χ1n) is 9.43. The number of hydrogen-bond acceptors (Lipinski definition) is 9. The van der Waals surface area contributed by atoms with Crippen molar-refractivity contribution in [3.05, 3.63) is 23.8 Å². The molecule has 5 heterocycles. The minimum Gasteiger partial charge on any atom is -0.480 e. The Kier molecular flexibility index (Phi) is 4.09. The Bertz CT molecular complexity index is 980. The molecule has 0 amide bonds. The number of ether oxygens (including phenoxy) is 1. The van der Waals surface area contributed by atoms with Gasteiger partial charge in [0.25, 0.3) is 0 Å². The lowest BCUT2D eigenvalue weighted by Crippen LogP contribution is -2.43. The molecule has 9 heteroatoms. The molecule has 0 aliphatic carbocycles. The molecular formula is C19H22N8O. The number of methoxy groups -OCH3 is 1. The van der Waals surface area contributed by atoms with Gasteiger partial charge in [0.15, 0.2) is 0 Å². The van der Waals surface area contributed by atoms with Gasteiger partial charge in [0.1, 0.15) is 17.5 Å². The topological polar surface area (TPSA) is 105 Å². The van der Waals surface area contributed by atoms with Crippen molar-refractivity contribution < 1.29 is 4.74 Å². The summed E-state index contributed by atoms with van der Waals surface area (Å²) in [6, 6.07) is 4.02. The molecule has 0 spiro atoms. The van der Waals surface area contributed by atoms with Crippen LogP contribution in [0.3, 0.4) is 0 Å². The summed E-state index contributed by atoms with van der Waals surface area (Å²) < 4.78 is 5.63. The fraction of sp³-hybridized carbons (Fsp3) is 0.368. The predicted octanol–water partition coefficient (Wildman–Crippen LogP) is 0.784. The highest BCUT2D eigenvalue weighted by Gasteiger charge is 2.28. The summed E-state index contributed by atoms with van der Waals surface area (Å²) in [4.78, 5) is 22.6. The fourth-order valence-corrected chi connectivity index (χ4v) is 3.85. The van der Waals surface area contributed by atoms with Gasteiger partial charge in [0.05, 0.1) is 24.9 Å². The summed E-state index contributed by atoms with van der Waals surface area (Å²) in [6.07, 6.45) is 3.99. The Hall–Kier alpha value is -3.20. The minimum atomic E-state index is 0.225. The number of aromatic nitrogens is 3. The van der Waals surface area contributed by atoms with E-state index < -0.39 is 0 Å². The van der Waals surface area contributed by atoms with Gasteiger partial charge in [-0.25, -0.2) is 4.98 Å². The molecule has 2 aromatic heterocycles. The fourth-order valence-electron chi connectivity index (χ4n) is 3.85. The van der Waals surface area contributed by atoms with E-state index in [9.17, 15) is 0 Å². The molecule has 0 unspecified atom stereocenters. The molecule has 9 nitrogen and oxygen atoms in total. The molecule has 144 valence electrons. The van der Waals surface area contributed by atoms with Crippen molar-refractivity contribution in [1.29, 1.82) is 0 Å². The number of aliphatic imine (C=N–C) groups is 1. The largest absolute Gasteiger partial charge is 0.480 e. The molecule has 3 N–H and O–H groups in total. The Morgan fingerprint density at radius 2 is 1.93 bits per heavy atom. The number of anilines is 3. The van der Waals surface area contributed by atoms with Crippen LogP contribution >= 0.6 is 0 Å². The number of amidine groups is 1. The summed E-state index contributed by atoms with van der Waals surface area (Å²) in [7, 11) is 1.63. The molecule has 0 atom stereocenters. The number of pyridine rings is 1. The van der Waals surface area contributed by atoms with Gasteiger partial charge in [-0.3, -0.25) is 4.99 Å². The van der Waals surface area contributed by atoms with Crippen molar-refractivity contribution >= 4 is 29.5 Å². The quantitative estimate of drug-likeness (QED) is 0.808. The molecule has 0 radical (unpaired) electrons. The maximum absolute atomic E-state index is 6.05. The highest BCUT2D eigenvalue weighted by Crippen LogP contribution is 2.38. The van der Waals surface area contributed by atoms with Crippen LogP contribution in [-0.2, 0) is 0 Å². The van der Waals surface area contributed by atoms with Crippen molar-refractivity contribution in [3.8, 4) is 17.1 Å². The maximum Gasteiger partial charge on any atom is 0.224 e. The van der Waals surface area contributed by atoms with E-state index in [-0.39, 0.29) is 5.95 Å². The smallest absolute Gasteiger partial charge is 0.224 e. The van der Waals surface area contributed by atoms with Gasteiger partial charge in [-0.1, -0.05) is 0 Å². The third kappa shape index (κ3) is 2.75. The lowest BCUT2D eigenvalue weighted by Gasteiger charge is -2.29. The second kappa shape index (κ2) is 6.75. The number of piperazine rings is 1. The number of nitrogens with one attached hydrogen (secondary N) is 1. The third-order valence-electron chi connectivity index (χ3n) is 5.21. The summed E-state index contributed by atoms with van der Waals surface area (Å²) in [5, 5.41) is 3.36. The van der Waals surface area contributed by atoms with Crippen LogP contribution in [0.4, 0.5) is 17.6 Å². The van der Waals surface area contributed by atoms with E-state index in [1.807, 2.05) is 24.3 Å². The minimum absolute atomic E-state index is 0.225. The lowest BCUT2D eigenvalue weighted by molar-refractivity contribution is 0.399. The average molecular weight is 378 g/mol. The van der Waals surface area contributed by atoms with Crippen LogP contribution in [0.5, 0.6) is 5.88 Å². The SMILES string of the molecule is COc1nc(N2CCNCC2)ccc1-c1nc(N)nc2c1C=CC1=NCCN12. The van der Waals surface area contributed by atoms with E-state index in [2.05, 4.69) is 30.1 Å². The molecular weight excluding hydrogens is 356 g/mol. The summed E-state index contributed by atoms with van der Waals surface area (Å²) >= 11 is 0. The van der Waals surface area contributed by atoms with E-state index in [0.717, 1.165) is 73.6 Å². The molecule has 0 saturated carbocycles. The monoisotopic (exact) mass is 378 g/mol. The third-order valence-corrected chi connectivity index (χ3v) is 5.21. The standard InChI is InChI=1S/C19H22N8O/c1-28-18-13(3-5-15(23-18)26-9-6-21-7-10-26)16-12-2-4-14-22-8-11-27(14)17(12)25-19(20)24-16/h2-5,21H,6-11H2,1H3,(H2,20,24,25). The van der Waals surface area contributed by atoms with Crippen LogP contribution in [0.2, 0.25) is 0 Å². The molecule has 5 rings (SSSR count). The van der Waals surface area contributed by atoms with Crippen molar-refractivity contribution in [1.82, 2.24) is 20.3 Å². The summed E-state index contributed by atoms with van der Waals surface area (Å²) in [5.41, 5.74) is 8.48. The first-order chi connectivity index (χ1) is 13.7. The first kappa shape index (κ1) is 16.9. The molecule has 2 aromatic rings. The van der Waals surface area contributed by atoms with Gasteiger partial charge >= 0.3 is 0 Å². The highest BCUT2D eigenvalue weighted by molar-refractivity contribution is 6.13. The van der Waals surface area contributed by atoms with Crippen molar-refractivity contribution in [3.63, 3.8) is 0 Å². The molecule has 3 aliphatic rings. The van der Waals surface area contributed by atoms with Gasteiger partial charge in [-0.15, -0.1) is 0 Å². The Morgan fingerprint density at radius 1 is 1.07 bits per heavy atom. The Balaban J connectivity index is 1.60. The van der Waals surface area contributed by atoms with E-state index in [0.29, 0.717) is 5.88 Å². The number of hydrogen-bond donors (Lipinski definition) is 2. The molecule has 1 saturated heterocycles. The van der Waals surface area contributed by atoms with E-state index in [1.165, 1.54) is 0 Å². The van der Waals surface area contributed by atoms with E-state index >= 15 is 0 Å². The number of rotatable bonds is 3. The summed E-state index contributed by atoms with van der Waals surface area (Å²) in [5.74, 6) is 3.36. The molecule has 28 heavy (non-hydrogen) atoms. The zero-order chi connectivity index (χ0) is 19.1. The zero-order valence-electron chi connectivity index (χ0n) is 15.7. The highest BCUT2D eigenvalue weighted by atomic mass is 16.5. The van der Waals surface area contributed by atoms with E-state index in [4.69, 9.17) is 15.5 Å². The molecule has 1 fully saturated rings.